The van der Waals surface area contributed by atoms with Crippen molar-refractivity contribution in [2.45, 2.75) is 39.3 Å². The SMILES string of the molecule is CCCC(C)N(C)c1ccc(CN)c(F)c1. The molecule has 1 aromatic rings. The van der Waals surface area contributed by atoms with Crippen molar-refractivity contribution < 1.29 is 4.39 Å². The first-order chi connectivity index (χ1) is 7.60. The normalized spacial score (nSPS) is 12.6. The van der Waals surface area contributed by atoms with Crippen LogP contribution in [0.1, 0.15) is 32.3 Å². The molecule has 1 rings (SSSR count). The fourth-order valence-corrected chi connectivity index (χ4v) is 1.79. The lowest BCUT2D eigenvalue weighted by molar-refractivity contribution is 0.598. The molecule has 90 valence electrons. The second-order valence-electron chi connectivity index (χ2n) is 4.23. The number of nitrogens with zero attached hydrogens (tertiary/aromatic N) is 1. The molecular formula is C13H21FN2. The van der Waals surface area contributed by atoms with E-state index in [0.717, 1.165) is 18.5 Å². The van der Waals surface area contributed by atoms with Gasteiger partial charge in [-0.3, -0.25) is 0 Å². The minimum atomic E-state index is -0.212. The van der Waals surface area contributed by atoms with E-state index >= 15 is 0 Å². The van der Waals surface area contributed by atoms with Gasteiger partial charge in [0.1, 0.15) is 5.82 Å². The van der Waals surface area contributed by atoms with Crippen LogP contribution in [0.3, 0.4) is 0 Å². The standard InChI is InChI=1S/C13H21FN2/c1-4-5-10(2)16(3)12-7-6-11(9-15)13(14)8-12/h6-8,10H,4-5,9,15H2,1-3H3. The smallest absolute Gasteiger partial charge is 0.129 e. The van der Waals surface area contributed by atoms with E-state index in [9.17, 15) is 4.39 Å². The molecule has 2 nitrogen and oxygen atoms in total. The molecule has 0 amide bonds. The van der Waals surface area contributed by atoms with Gasteiger partial charge in [0, 0.05) is 30.9 Å². The average molecular weight is 224 g/mol. The van der Waals surface area contributed by atoms with Gasteiger partial charge in [-0.05, 0) is 25.5 Å². The minimum absolute atomic E-state index is 0.212. The maximum atomic E-state index is 13.6. The predicted octanol–water partition coefficient (Wildman–Crippen LogP) is 2.91. The molecule has 0 aliphatic rings. The van der Waals surface area contributed by atoms with E-state index in [1.54, 1.807) is 12.1 Å². The van der Waals surface area contributed by atoms with Crippen molar-refractivity contribution in [1.29, 1.82) is 0 Å². The van der Waals surface area contributed by atoms with Gasteiger partial charge in [-0.2, -0.15) is 0 Å². The third-order valence-corrected chi connectivity index (χ3v) is 3.03. The van der Waals surface area contributed by atoms with Crippen LogP contribution in [0.4, 0.5) is 10.1 Å². The van der Waals surface area contributed by atoms with Crippen molar-refractivity contribution in [2.75, 3.05) is 11.9 Å². The second kappa shape index (κ2) is 5.85. The van der Waals surface area contributed by atoms with Crippen LogP contribution in [0.15, 0.2) is 18.2 Å². The van der Waals surface area contributed by atoms with Crippen LogP contribution in [0.25, 0.3) is 0 Å². The highest BCUT2D eigenvalue weighted by Crippen LogP contribution is 2.20. The molecular weight excluding hydrogens is 203 g/mol. The molecule has 3 heteroatoms. The van der Waals surface area contributed by atoms with Crippen LogP contribution in [0.5, 0.6) is 0 Å². The van der Waals surface area contributed by atoms with Gasteiger partial charge in [0.25, 0.3) is 0 Å². The Morgan fingerprint density at radius 3 is 2.62 bits per heavy atom. The Bertz CT molecular complexity index is 339. The molecule has 0 heterocycles. The van der Waals surface area contributed by atoms with E-state index < -0.39 is 0 Å². The lowest BCUT2D eigenvalue weighted by atomic mass is 10.1. The number of halogens is 1. The van der Waals surface area contributed by atoms with E-state index in [2.05, 4.69) is 18.7 Å². The summed E-state index contributed by atoms with van der Waals surface area (Å²) in [5, 5.41) is 0. The third kappa shape index (κ3) is 2.95. The summed E-state index contributed by atoms with van der Waals surface area (Å²) in [5.74, 6) is -0.212. The third-order valence-electron chi connectivity index (χ3n) is 3.03. The van der Waals surface area contributed by atoms with Gasteiger partial charge in [-0.1, -0.05) is 19.4 Å². The van der Waals surface area contributed by atoms with Gasteiger partial charge < -0.3 is 10.6 Å². The first-order valence-corrected chi connectivity index (χ1v) is 5.81. The van der Waals surface area contributed by atoms with Crippen LogP contribution in [-0.2, 0) is 6.54 Å². The zero-order valence-corrected chi connectivity index (χ0v) is 10.3. The summed E-state index contributed by atoms with van der Waals surface area (Å²) < 4.78 is 13.6. The van der Waals surface area contributed by atoms with Crippen molar-refractivity contribution in [2.24, 2.45) is 5.73 Å². The Balaban J connectivity index is 2.84. The summed E-state index contributed by atoms with van der Waals surface area (Å²) in [7, 11) is 2.00. The van der Waals surface area contributed by atoms with Gasteiger partial charge in [0.2, 0.25) is 0 Å². The predicted molar refractivity (Wildman–Crippen MR) is 67.1 cm³/mol. The van der Waals surface area contributed by atoms with Crippen LogP contribution in [-0.4, -0.2) is 13.1 Å². The quantitative estimate of drug-likeness (QED) is 0.833. The summed E-state index contributed by atoms with van der Waals surface area (Å²) in [4.78, 5) is 2.10. The second-order valence-corrected chi connectivity index (χ2v) is 4.23. The first kappa shape index (κ1) is 13.0. The van der Waals surface area contributed by atoms with Crippen LogP contribution >= 0.6 is 0 Å². The summed E-state index contributed by atoms with van der Waals surface area (Å²) in [6.07, 6.45) is 2.24. The van der Waals surface area contributed by atoms with Crippen LogP contribution < -0.4 is 10.6 Å². The van der Waals surface area contributed by atoms with Crippen molar-refractivity contribution in [1.82, 2.24) is 0 Å². The largest absolute Gasteiger partial charge is 0.372 e. The van der Waals surface area contributed by atoms with E-state index in [1.165, 1.54) is 0 Å². The first-order valence-electron chi connectivity index (χ1n) is 5.81. The number of hydrogen-bond donors (Lipinski definition) is 1. The van der Waals surface area contributed by atoms with Gasteiger partial charge >= 0.3 is 0 Å². The van der Waals surface area contributed by atoms with Gasteiger partial charge in [0.15, 0.2) is 0 Å². The lowest BCUT2D eigenvalue weighted by Gasteiger charge is -2.27. The Hall–Kier alpha value is -1.09. The zero-order chi connectivity index (χ0) is 12.1. The molecule has 0 saturated carbocycles. The van der Waals surface area contributed by atoms with Gasteiger partial charge in [-0.25, -0.2) is 4.39 Å². The molecule has 0 aliphatic carbocycles. The van der Waals surface area contributed by atoms with E-state index in [-0.39, 0.29) is 12.4 Å². The summed E-state index contributed by atoms with van der Waals surface area (Å²) >= 11 is 0. The van der Waals surface area contributed by atoms with Crippen LogP contribution in [0.2, 0.25) is 0 Å². The summed E-state index contributed by atoms with van der Waals surface area (Å²) in [6.45, 7) is 4.56. The maximum Gasteiger partial charge on any atom is 0.129 e. The number of benzene rings is 1. The molecule has 0 saturated heterocycles. The zero-order valence-electron chi connectivity index (χ0n) is 10.3. The van der Waals surface area contributed by atoms with E-state index in [0.29, 0.717) is 11.6 Å². The minimum Gasteiger partial charge on any atom is -0.372 e. The molecule has 1 atom stereocenters. The molecule has 16 heavy (non-hydrogen) atoms. The monoisotopic (exact) mass is 224 g/mol. The average Bonchev–Trinajstić information content (AvgIpc) is 2.28. The molecule has 0 aromatic heterocycles. The van der Waals surface area contributed by atoms with Crippen LogP contribution in [0, 0.1) is 5.82 Å². The Morgan fingerprint density at radius 1 is 1.44 bits per heavy atom. The molecule has 0 radical (unpaired) electrons. The molecule has 0 fully saturated rings. The number of hydrogen-bond acceptors (Lipinski definition) is 2. The van der Waals surface area contributed by atoms with Crippen molar-refractivity contribution in [3.8, 4) is 0 Å². The van der Waals surface area contributed by atoms with Gasteiger partial charge in [0.05, 0.1) is 0 Å². The lowest BCUT2D eigenvalue weighted by Crippen LogP contribution is -2.28. The van der Waals surface area contributed by atoms with Gasteiger partial charge in [-0.15, -0.1) is 0 Å². The maximum absolute atomic E-state index is 13.6. The molecule has 0 aliphatic heterocycles. The number of anilines is 1. The van der Waals surface area contributed by atoms with E-state index in [4.69, 9.17) is 5.73 Å². The van der Waals surface area contributed by atoms with E-state index in [1.807, 2.05) is 13.1 Å². The Morgan fingerprint density at radius 2 is 2.12 bits per heavy atom. The molecule has 0 bridgehead atoms. The molecule has 1 unspecified atom stereocenters. The fourth-order valence-electron chi connectivity index (χ4n) is 1.79. The van der Waals surface area contributed by atoms with Crippen molar-refractivity contribution in [3.63, 3.8) is 0 Å². The Labute approximate surface area is 97.3 Å². The van der Waals surface area contributed by atoms with Crippen molar-refractivity contribution >= 4 is 5.69 Å². The number of nitrogens with two attached hydrogens (primary N) is 1. The van der Waals surface area contributed by atoms with Crippen molar-refractivity contribution in [3.05, 3.63) is 29.6 Å². The fraction of sp³-hybridized carbons (Fsp3) is 0.538. The highest BCUT2D eigenvalue weighted by atomic mass is 19.1. The summed E-state index contributed by atoms with van der Waals surface area (Å²) in [5.41, 5.74) is 6.91. The highest BCUT2D eigenvalue weighted by Gasteiger charge is 2.10. The molecule has 2 N–H and O–H groups in total. The molecule has 1 aromatic carbocycles. The topological polar surface area (TPSA) is 29.3 Å². The summed E-state index contributed by atoms with van der Waals surface area (Å²) in [6, 6.07) is 5.68. The molecule has 0 spiro atoms. The highest BCUT2D eigenvalue weighted by molar-refractivity contribution is 5.48. The Kier molecular flexibility index (Phi) is 4.74. The number of rotatable bonds is 5.